The lowest BCUT2D eigenvalue weighted by Gasteiger charge is -2.27. The second-order valence-electron chi connectivity index (χ2n) is 8.05. The van der Waals surface area contributed by atoms with E-state index in [0.717, 1.165) is 35.2 Å². The molecule has 0 saturated heterocycles. The predicted molar refractivity (Wildman–Crippen MR) is 112 cm³/mol. The Morgan fingerprint density at radius 3 is 2.68 bits per heavy atom. The zero-order valence-corrected chi connectivity index (χ0v) is 16.7. The number of nitrogens with zero attached hydrogens (tertiary/aromatic N) is 5. The molecule has 0 bridgehead atoms. The summed E-state index contributed by atoms with van der Waals surface area (Å²) in [6.07, 6.45) is 5.03. The van der Waals surface area contributed by atoms with Crippen molar-refractivity contribution in [3.8, 4) is 34.3 Å². The molecule has 31 heavy (non-hydrogen) atoms. The summed E-state index contributed by atoms with van der Waals surface area (Å²) in [5.41, 5.74) is 5.62. The van der Waals surface area contributed by atoms with Crippen LogP contribution in [0.3, 0.4) is 0 Å². The topological polar surface area (TPSA) is 87.9 Å². The maximum Gasteiger partial charge on any atom is 0.271 e. The van der Waals surface area contributed by atoms with Gasteiger partial charge in [-0.2, -0.15) is 5.26 Å². The normalized spacial score (nSPS) is 15.9. The Morgan fingerprint density at radius 2 is 1.94 bits per heavy atom. The smallest absolute Gasteiger partial charge is 0.271 e. The molecule has 0 unspecified atom stereocenters. The minimum atomic E-state index is -0.275. The van der Waals surface area contributed by atoms with E-state index in [1.807, 2.05) is 40.9 Å². The highest BCUT2D eigenvalue weighted by molar-refractivity contribution is 5.97. The highest BCUT2D eigenvalue weighted by Gasteiger charge is 2.53. The summed E-state index contributed by atoms with van der Waals surface area (Å²) in [7, 11) is 1.87. The van der Waals surface area contributed by atoms with Gasteiger partial charge in [-0.3, -0.25) is 4.79 Å². The average Bonchev–Trinajstić information content (AvgIpc) is 3.23. The third-order valence-corrected chi connectivity index (χ3v) is 6.40. The van der Waals surface area contributed by atoms with Crippen LogP contribution < -0.4 is 0 Å². The number of carbonyl (C=O) groups is 1. The molecule has 2 aromatic heterocycles. The molecular weight excluding hydrogens is 390 g/mol. The summed E-state index contributed by atoms with van der Waals surface area (Å²) in [6.45, 7) is 0. The van der Waals surface area contributed by atoms with Crippen LogP contribution in [0.25, 0.3) is 28.3 Å². The van der Waals surface area contributed by atoms with Crippen molar-refractivity contribution >= 4 is 5.91 Å². The van der Waals surface area contributed by atoms with Crippen LogP contribution in [0.5, 0.6) is 0 Å². The zero-order chi connectivity index (χ0) is 21.2. The summed E-state index contributed by atoms with van der Waals surface area (Å²) < 4.78 is 7.29. The Hall–Kier alpha value is -4.18. The molecule has 4 aromatic rings. The van der Waals surface area contributed by atoms with Gasteiger partial charge in [0.2, 0.25) is 12.3 Å². The highest BCUT2D eigenvalue weighted by atomic mass is 16.4. The van der Waals surface area contributed by atoms with Gasteiger partial charge < -0.3 is 13.9 Å². The van der Waals surface area contributed by atoms with Gasteiger partial charge in [-0.1, -0.05) is 24.3 Å². The Balaban J connectivity index is 1.60. The largest absolute Gasteiger partial charge is 0.423 e. The number of carbonyl (C=O) groups excluding carboxylic acids is 1. The van der Waals surface area contributed by atoms with Crippen molar-refractivity contribution in [1.82, 2.24) is 19.7 Å². The van der Waals surface area contributed by atoms with Gasteiger partial charge in [0.25, 0.3) is 5.91 Å². The lowest BCUT2D eigenvalue weighted by molar-refractivity contribution is 0.0705. The molecule has 0 N–H and O–H groups in total. The van der Waals surface area contributed by atoms with E-state index < -0.39 is 0 Å². The van der Waals surface area contributed by atoms with Crippen molar-refractivity contribution in [1.29, 1.82) is 5.26 Å². The first-order valence-corrected chi connectivity index (χ1v) is 10.0. The van der Waals surface area contributed by atoms with Gasteiger partial charge in [-0.25, -0.2) is 0 Å². The summed E-state index contributed by atoms with van der Waals surface area (Å²) in [4.78, 5) is 15.2. The van der Waals surface area contributed by atoms with Crippen LogP contribution in [-0.4, -0.2) is 32.6 Å². The van der Waals surface area contributed by atoms with Gasteiger partial charge in [-0.05, 0) is 48.2 Å². The van der Waals surface area contributed by atoms with Gasteiger partial charge in [-0.15, -0.1) is 10.2 Å². The van der Waals surface area contributed by atoms with Gasteiger partial charge >= 0.3 is 0 Å². The first-order valence-electron chi connectivity index (χ1n) is 10.0. The number of amides is 1. The van der Waals surface area contributed by atoms with Crippen molar-refractivity contribution in [3.05, 3.63) is 77.9 Å². The number of benzene rings is 2. The fourth-order valence-electron chi connectivity index (χ4n) is 4.58. The van der Waals surface area contributed by atoms with E-state index in [0.29, 0.717) is 22.7 Å². The fraction of sp³-hybridized carbons (Fsp3) is 0.167. The highest BCUT2D eigenvalue weighted by Crippen LogP contribution is 2.54. The fourth-order valence-corrected chi connectivity index (χ4v) is 4.58. The molecule has 0 radical (unpaired) electrons. The minimum Gasteiger partial charge on any atom is -0.423 e. The number of rotatable bonds is 2. The van der Waals surface area contributed by atoms with E-state index in [2.05, 4.69) is 34.5 Å². The predicted octanol–water partition coefficient (Wildman–Crippen LogP) is 4.14. The lowest BCUT2D eigenvalue weighted by Crippen LogP contribution is -2.36. The van der Waals surface area contributed by atoms with Crippen molar-refractivity contribution in [2.24, 2.45) is 0 Å². The first-order chi connectivity index (χ1) is 15.1. The maximum atomic E-state index is 13.4. The van der Waals surface area contributed by atoms with E-state index in [-0.39, 0.29) is 11.4 Å². The number of fused-ring (bicyclic) bond motifs is 4. The Bertz CT molecular complexity index is 1390. The molecule has 1 spiro atoms. The van der Waals surface area contributed by atoms with Crippen molar-refractivity contribution in [2.45, 2.75) is 18.4 Å². The molecule has 0 atom stereocenters. The van der Waals surface area contributed by atoms with Crippen molar-refractivity contribution in [2.75, 3.05) is 7.05 Å². The van der Waals surface area contributed by atoms with Gasteiger partial charge in [0.1, 0.15) is 5.69 Å². The lowest BCUT2D eigenvalue weighted by atomic mass is 9.96. The van der Waals surface area contributed by atoms with E-state index in [9.17, 15) is 10.1 Å². The molecule has 6 rings (SSSR count). The molecule has 150 valence electrons. The molecule has 2 aromatic carbocycles. The third kappa shape index (κ3) is 2.48. The molecule has 3 heterocycles. The first kappa shape index (κ1) is 17.7. The molecule has 7 nitrogen and oxygen atoms in total. The SMILES string of the molecule is CN1C(=O)c2cc(-c3nnco3)cn2-c2cc(-c3cccc(C#N)c3)ccc2C12CC2. The van der Waals surface area contributed by atoms with E-state index in [1.54, 1.807) is 12.1 Å². The summed E-state index contributed by atoms with van der Waals surface area (Å²) >= 11 is 0. The maximum absolute atomic E-state index is 13.4. The third-order valence-electron chi connectivity index (χ3n) is 6.40. The molecule has 1 saturated carbocycles. The van der Waals surface area contributed by atoms with Crippen LogP contribution in [-0.2, 0) is 5.54 Å². The van der Waals surface area contributed by atoms with Crippen LogP contribution in [0.1, 0.15) is 34.5 Å². The van der Waals surface area contributed by atoms with E-state index >= 15 is 0 Å². The standard InChI is InChI=1S/C24H17N5O2/c1-28-23(30)21-11-18(22-27-26-14-31-22)13-29(21)20-10-17(5-6-19(20)24(28)7-8-24)16-4-2-3-15(9-16)12-25/h2-6,9-11,13-14H,7-8H2,1H3. The van der Waals surface area contributed by atoms with Gasteiger partial charge in [0.15, 0.2) is 0 Å². The number of nitriles is 1. The van der Waals surface area contributed by atoms with Crippen molar-refractivity contribution in [3.63, 3.8) is 0 Å². The molecule has 7 heteroatoms. The number of hydrogen-bond donors (Lipinski definition) is 0. The van der Waals surface area contributed by atoms with Crippen molar-refractivity contribution < 1.29 is 9.21 Å². The second-order valence-corrected chi connectivity index (χ2v) is 8.05. The number of hydrogen-bond acceptors (Lipinski definition) is 5. The average molecular weight is 407 g/mol. The van der Waals surface area contributed by atoms with Crippen LogP contribution in [0.2, 0.25) is 0 Å². The minimum absolute atomic E-state index is 0.0347. The molecule has 1 fully saturated rings. The molecule has 1 amide bonds. The second kappa shape index (κ2) is 6.16. The van der Waals surface area contributed by atoms with E-state index in [4.69, 9.17) is 4.42 Å². The zero-order valence-electron chi connectivity index (χ0n) is 16.7. The molecule has 1 aliphatic heterocycles. The monoisotopic (exact) mass is 407 g/mol. The summed E-state index contributed by atoms with van der Waals surface area (Å²) in [5.74, 6) is 0.337. The summed E-state index contributed by atoms with van der Waals surface area (Å²) in [5, 5.41) is 17.0. The number of aromatic nitrogens is 3. The van der Waals surface area contributed by atoms with Crippen LogP contribution in [0.15, 0.2) is 65.5 Å². The van der Waals surface area contributed by atoms with Gasteiger partial charge in [0.05, 0.1) is 28.4 Å². The summed E-state index contributed by atoms with van der Waals surface area (Å²) in [6, 6.07) is 17.8. The van der Waals surface area contributed by atoms with Crippen LogP contribution in [0, 0.1) is 11.3 Å². The quantitative estimate of drug-likeness (QED) is 0.498. The van der Waals surface area contributed by atoms with Crippen LogP contribution in [0.4, 0.5) is 0 Å². The van der Waals surface area contributed by atoms with Crippen LogP contribution >= 0.6 is 0 Å². The van der Waals surface area contributed by atoms with Gasteiger partial charge in [0, 0.05) is 18.8 Å². The van der Waals surface area contributed by atoms with E-state index in [1.165, 1.54) is 6.39 Å². The Morgan fingerprint density at radius 1 is 1.10 bits per heavy atom. The Kier molecular flexibility index (Phi) is 3.51. The molecular formula is C24H17N5O2. The Labute approximate surface area is 178 Å². The molecule has 2 aliphatic rings. The molecule has 1 aliphatic carbocycles.